The molecule has 1 saturated heterocycles. The van der Waals surface area contributed by atoms with Gasteiger partial charge in [0.05, 0.1) is 6.04 Å². The molecule has 1 aliphatic heterocycles. The largest absolute Gasteiger partial charge is 0.385 e. The molecule has 1 aliphatic rings. The number of thiocarbonyl (C=S) groups is 1. The zero-order chi connectivity index (χ0) is 11.4. The number of nitrogens with one attached hydrogen (secondary N) is 1. The van der Waals surface area contributed by atoms with Crippen LogP contribution in [-0.4, -0.2) is 41.7 Å². The van der Waals surface area contributed by atoms with Crippen LogP contribution in [0.2, 0.25) is 0 Å². The first-order chi connectivity index (χ1) is 7.11. The van der Waals surface area contributed by atoms with E-state index >= 15 is 0 Å². The number of amides is 1. The summed E-state index contributed by atoms with van der Waals surface area (Å²) in [5.41, 5.74) is 0. The fraction of sp³-hybridized carbons (Fsp3) is 0.600. The van der Waals surface area contributed by atoms with Crippen molar-refractivity contribution in [1.29, 1.82) is 0 Å². The minimum Gasteiger partial charge on any atom is -0.385 e. The molecule has 0 saturated carbocycles. The molecule has 0 radical (unpaired) electrons. The topological polar surface area (TPSA) is 41.6 Å². The number of hydrogen-bond donors (Lipinski definition) is 1. The van der Waals surface area contributed by atoms with Gasteiger partial charge in [-0.2, -0.15) is 0 Å². The zero-order valence-electron chi connectivity index (χ0n) is 9.43. The number of ether oxygens (including phenoxy) is 1. The third kappa shape index (κ3) is 3.17. The second-order valence-corrected chi connectivity index (χ2v) is 3.85. The molecular formula is C10H17ClN2O2S. The summed E-state index contributed by atoms with van der Waals surface area (Å²) in [4.78, 5) is 13.5. The van der Waals surface area contributed by atoms with Gasteiger partial charge in [-0.05, 0) is 25.6 Å². The first-order valence-electron chi connectivity index (χ1n) is 4.87. The van der Waals surface area contributed by atoms with Crippen LogP contribution in [0.3, 0.4) is 0 Å². The molecule has 2 unspecified atom stereocenters. The Hall–Kier alpha value is -0.650. The highest BCUT2D eigenvalue weighted by Gasteiger charge is 2.36. The van der Waals surface area contributed by atoms with Gasteiger partial charge >= 0.3 is 0 Å². The third-order valence-electron chi connectivity index (χ3n) is 2.41. The van der Waals surface area contributed by atoms with E-state index in [4.69, 9.17) is 17.0 Å². The van der Waals surface area contributed by atoms with Gasteiger partial charge in [0.25, 0.3) is 5.91 Å². The average molecular weight is 265 g/mol. The second-order valence-electron chi connectivity index (χ2n) is 3.47. The number of carbonyl (C=O) groups is 1. The summed E-state index contributed by atoms with van der Waals surface area (Å²) in [7, 11) is 1.61. The molecule has 0 aromatic heterocycles. The van der Waals surface area contributed by atoms with Crippen molar-refractivity contribution in [3.8, 4) is 0 Å². The van der Waals surface area contributed by atoms with Crippen LogP contribution in [0.5, 0.6) is 0 Å². The molecule has 0 aliphatic carbocycles. The van der Waals surface area contributed by atoms with Crippen LogP contribution in [0.25, 0.3) is 0 Å². The molecule has 1 fully saturated rings. The minimum atomic E-state index is -0.250. The number of nitrogens with zero attached hydrogens (tertiary/aromatic N) is 1. The van der Waals surface area contributed by atoms with E-state index in [1.807, 2.05) is 6.92 Å². The van der Waals surface area contributed by atoms with Gasteiger partial charge in [0, 0.05) is 13.7 Å². The Bertz CT molecular complexity index is 286. The van der Waals surface area contributed by atoms with Crippen LogP contribution in [-0.2, 0) is 9.53 Å². The van der Waals surface area contributed by atoms with Crippen molar-refractivity contribution >= 4 is 35.6 Å². The van der Waals surface area contributed by atoms with Crippen molar-refractivity contribution in [3.63, 3.8) is 0 Å². The summed E-state index contributed by atoms with van der Waals surface area (Å²) in [5.74, 6) is 0.00412. The zero-order valence-corrected chi connectivity index (χ0v) is 11.1. The quantitative estimate of drug-likeness (QED) is 0.597. The summed E-state index contributed by atoms with van der Waals surface area (Å²) in [6, 6.07) is -0.315. The molecule has 4 nitrogen and oxygen atoms in total. The Kier molecular flexibility index (Phi) is 6.55. The van der Waals surface area contributed by atoms with Crippen molar-refractivity contribution in [3.05, 3.63) is 12.7 Å². The molecule has 0 aromatic rings. The maximum absolute atomic E-state index is 11.9. The van der Waals surface area contributed by atoms with Gasteiger partial charge in [0.1, 0.15) is 6.04 Å². The standard InChI is InChI=1S/C10H16N2O2S.ClH/c1-4-7(2)12-9(13)8(5-6-14-3)11-10(12)15;/h4,7-8H,1,5-6H2,2-3H3,(H,11,15);1H. The highest BCUT2D eigenvalue weighted by Crippen LogP contribution is 2.13. The Labute approximate surface area is 107 Å². The van der Waals surface area contributed by atoms with Crippen molar-refractivity contribution in [2.75, 3.05) is 13.7 Å². The Morgan fingerprint density at radius 2 is 2.38 bits per heavy atom. The first-order valence-corrected chi connectivity index (χ1v) is 5.27. The highest BCUT2D eigenvalue weighted by molar-refractivity contribution is 7.80. The monoisotopic (exact) mass is 264 g/mol. The Morgan fingerprint density at radius 1 is 1.75 bits per heavy atom. The van der Waals surface area contributed by atoms with Gasteiger partial charge in [0.2, 0.25) is 0 Å². The van der Waals surface area contributed by atoms with Crippen molar-refractivity contribution in [2.45, 2.75) is 25.4 Å². The Morgan fingerprint density at radius 3 is 2.88 bits per heavy atom. The van der Waals surface area contributed by atoms with Gasteiger partial charge < -0.3 is 10.1 Å². The van der Waals surface area contributed by atoms with Gasteiger partial charge in [-0.1, -0.05) is 6.08 Å². The van der Waals surface area contributed by atoms with Gasteiger partial charge in [-0.25, -0.2) is 0 Å². The molecule has 92 valence electrons. The fourth-order valence-corrected chi connectivity index (χ4v) is 1.87. The molecule has 0 spiro atoms. The van der Waals surface area contributed by atoms with Gasteiger partial charge in [0.15, 0.2) is 5.11 Å². The number of halogens is 1. The van der Waals surface area contributed by atoms with Crippen molar-refractivity contribution < 1.29 is 9.53 Å². The van der Waals surface area contributed by atoms with Crippen molar-refractivity contribution in [2.24, 2.45) is 0 Å². The summed E-state index contributed by atoms with van der Waals surface area (Å²) < 4.78 is 4.94. The summed E-state index contributed by atoms with van der Waals surface area (Å²) in [5, 5.41) is 3.46. The van der Waals surface area contributed by atoms with Crippen LogP contribution in [0.1, 0.15) is 13.3 Å². The highest BCUT2D eigenvalue weighted by atomic mass is 35.5. The molecule has 0 bridgehead atoms. The smallest absolute Gasteiger partial charge is 0.251 e. The van der Waals surface area contributed by atoms with E-state index in [0.29, 0.717) is 18.1 Å². The molecule has 16 heavy (non-hydrogen) atoms. The SMILES string of the molecule is C=CC(C)N1C(=O)C(CCOC)NC1=S.Cl. The van der Waals surface area contributed by atoms with E-state index in [-0.39, 0.29) is 30.4 Å². The predicted octanol–water partition coefficient (Wildman–Crippen LogP) is 1.10. The molecule has 2 atom stereocenters. The second kappa shape index (κ2) is 6.83. The van der Waals surface area contributed by atoms with E-state index in [1.165, 1.54) is 0 Å². The lowest BCUT2D eigenvalue weighted by atomic mass is 10.2. The molecule has 1 amide bonds. The molecular weight excluding hydrogens is 248 g/mol. The van der Waals surface area contributed by atoms with Crippen LogP contribution in [0.15, 0.2) is 12.7 Å². The van der Waals surface area contributed by atoms with Crippen LogP contribution in [0.4, 0.5) is 0 Å². The van der Waals surface area contributed by atoms with Crippen LogP contribution >= 0.6 is 24.6 Å². The van der Waals surface area contributed by atoms with Crippen LogP contribution in [0, 0.1) is 0 Å². The number of rotatable bonds is 5. The van der Waals surface area contributed by atoms with E-state index in [0.717, 1.165) is 0 Å². The summed E-state index contributed by atoms with van der Waals surface area (Å²) in [6.07, 6.45) is 2.33. The van der Waals surface area contributed by atoms with E-state index in [2.05, 4.69) is 11.9 Å². The first kappa shape index (κ1) is 15.3. The summed E-state index contributed by atoms with van der Waals surface area (Å²) >= 11 is 5.09. The number of methoxy groups -OCH3 is 1. The lowest BCUT2D eigenvalue weighted by Crippen LogP contribution is -2.37. The number of carbonyl (C=O) groups excluding carboxylic acids is 1. The fourth-order valence-electron chi connectivity index (χ4n) is 1.47. The Balaban J connectivity index is 0.00000225. The normalized spacial score (nSPS) is 21.4. The molecule has 1 N–H and O–H groups in total. The lowest BCUT2D eigenvalue weighted by Gasteiger charge is -2.19. The summed E-state index contributed by atoms with van der Waals surface area (Å²) in [6.45, 7) is 6.09. The molecule has 6 heteroatoms. The predicted molar refractivity (Wildman–Crippen MR) is 69.8 cm³/mol. The van der Waals surface area contributed by atoms with Crippen molar-refractivity contribution in [1.82, 2.24) is 10.2 Å². The maximum atomic E-state index is 11.9. The van der Waals surface area contributed by atoms with E-state index in [1.54, 1.807) is 18.1 Å². The average Bonchev–Trinajstić information content (AvgIpc) is 2.50. The molecule has 1 heterocycles. The maximum Gasteiger partial charge on any atom is 0.251 e. The molecule has 0 aromatic carbocycles. The van der Waals surface area contributed by atoms with E-state index in [9.17, 15) is 4.79 Å². The van der Waals surface area contributed by atoms with E-state index < -0.39 is 0 Å². The minimum absolute atomic E-state index is 0. The molecule has 1 rings (SSSR count). The van der Waals surface area contributed by atoms with Gasteiger partial charge in [-0.3, -0.25) is 9.69 Å². The van der Waals surface area contributed by atoms with Gasteiger partial charge in [-0.15, -0.1) is 19.0 Å². The van der Waals surface area contributed by atoms with Crippen LogP contribution < -0.4 is 5.32 Å². The number of hydrogen-bond acceptors (Lipinski definition) is 3. The third-order valence-corrected chi connectivity index (χ3v) is 2.73. The lowest BCUT2D eigenvalue weighted by molar-refractivity contribution is -0.128.